The van der Waals surface area contributed by atoms with Crippen LogP contribution in [0.25, 0.3) is 17.0 Å². The van der Waals surface area contributed by atoms with Gasteiger partial charge in [0.1, 0.15) is 4.88 Å². The summed E-state index contributed by atoms with van der Waals surface area (Å²) in [7, 11) is 0. The molecule has 0 bridgehead atoms. The molecule has 1 aromatic carbocycles. The Labute approximate surface area is 109 Å². The highest BCUT2D eigenvalue weighted by Crippen LogP contribution is 2.24. The van der Waals surface area contributed by atoms with Crippen LogP contribution in [0.3, 0.4) is 0 Å². The smallest absolute Gasteiger partial charge is 0.390 e. The number of aromatic hydroxyl groups is 1. The molecule has 3 aromatic rings. The van der Waals surface area contributed by atoms with Crippen molar-refractivity contribution in [1.82, 2.24) is 0 Å². The van der Waals surface area contributed by atoms with E-state index >= 15 is 0 Å². The molecule has 0 atom stereocenters. The van der Waals surface area contributed by atoms with Crippen LogP contribution in [0.2, 0.25) is 0 Å². The summed E-state index contributed by atoms with van der Waals surface area (Å²) < 4.78 is 1.79. The number of pyridine rings is 1. The molecule has 0 fully saturated rings. The number of hydrogen-bond acceptors (Lipinski definition) is 2. The molecule has 0 amide bonds. The number of thiazole rings is 1. The molecule has 0 radical (unpaired) electrons. The SMILES string of the molecule is Oc1c(/C=C/c2ccccc2)sc2cccc[n+]12. The largest absolute Gasteiger partial charge is 0.458 e. The average molecular weight is 254 g/mol. The van der Waals surface area contributed by atoms with Crippen LogP contribution < -0.4 is 4.40 Å². The first-order chi connectivity index (χ1) is 8.84. The molecule has 2 heterocycles. The second-order valence-corrected chi connectivity index (χ2v) is 5.01. The highest BCUT2D eigenvalue weighted by Gasteiger charge is 2.16. The van der Waals surface area contributed by atoms with E-state index in [0.717, 1.165) is 15.3 Å². The van der Waals surface area contributed by atoms with E-state index in [2.05, 4.69) is 0 Å². The summed E-state index contributed by atoms with van der Waals surface area (Å²) in [6.07, 6.45) is 5.81. The van der Waals surface area contributed by atoms with E-state index in [9.17, 15) is 5.11 Å². The van der Waals surface area contributed by atoms with E-state index in [1.165, 1.54) is 0 Å². The first-order valence-electron chi connectivity index (χ1n) is 5.70. The Balaban J connectivity index is 2.00. The minimum absolute atomic E-state index is 0.294. The topological polar surface area (TPSA) is 24.3 Å². The maximum absolute atomic E-state index is 10.1. The molecule has 0 aliphatic heterocycles. The van der Waals surface area contributed by atoms with Crippen molar-refractivity contribution in [3.8, 4) is 5.88 Å². The zero-order chi connectivity index (χ0) is 12.4. The molecule has 0 unspecified atom stereocenters. The summed E-state index contributed by atoms with van der Waals surface area (Å²) >= 11 is 1.57. The Hall–Kier alpha value is -2.13. The molecule has 0 aliphatic carbocycles. The number of aromatic nitrogens is 1. The Bertz CT molecular complexity index is 701. The lowest BCUT2D eigenvalue weighted by Crippen LogP contribution is -2.16. The maximum atomic E-state index is 10.1. The zero-order valence-corrected chi connectivity index (χ0v) is 10.5. The van der Waals surface area contributed by atoms with Crippen LogP contribution in [0.4, 0.5) is 0 Å². The fraction of sp³-hybridized carbons (Fsp3) is 0. The highest BCUT2D eigenvalue weighted by molar-refractivity contribution is 7.18. The van der Waals surface area contributed by atoms with Gasteiger partial charge in [0.15, 0.2) is 6.20 Å². The second-order valence-electron chi connectivity index (χ2n) is 3.94. The van der Waals surface area contributed by atoms with Gasteiger partial charge in [-0.1, -0.05) is 47.7 Å². The Morgan fingerprint density at radius 3 is 2.50 bits per heavy atom. The second kappa shape index (κ2) is 4.63. The predicted octanol–water partition coefficient (Wildman–Crippen LogP) is 3.36. The van der Waals surface area contributed by atoms with Gasteiger partial charge in [0.2, 0.25) is 0 Å². The van der Waals surface area contributed by atoms with Crippen LogP contribution in [0, 0.1) is 0 Å². The van der Waals surface area contributed by atoms with Crippen LogP contribution in [-0.2, 0) is 0 Å². The van der Waals surface area contributed by atoms with Crippen molar-refractivity contribution in [3.63, 3.8) is 0 Å². The van der Waals surface area contributed by atoms with Crippen molar-refractivity contribution < 1.29 is 9.51 Å². The maximum Gasteiger partial charge on any atom is 0.390 e. The first kappa shape index (κ1) is 11.0. The summed E-state index contributed by atoms with van der Waals surface area (Å²) in [6, 6.07) is 15.9. The third-order valence-corrected chi connectivity index (χ3v) is 3.79. The van der Waals surface area contributed by atoms with Gasteiger partial charge in [0.05, 0.1) is 0 Å². The summed E-state index contributed by atoms with van der Waals surface area (Å²) in [4.78, 5) is 1.90. The van der Waals surface area contributed by atoms with Crippen LogP contribution in [-0.4, -0.2) is 5.11 Å². The summed E-state index contributed by atoms with van der Waals surface area (Å²) in [6.45, 7) is 0. The molecule has 18 heavy (non-hydrogen) atoms. The molecule has 88 valence electrons. The number of benzene rings is 1. The predicted molar refractivity (Wildman–Crippen MR) is 74.5 cm³/mol. The van der Waals surface area contributed by atoms with Crippen molar-refractivity contribution in [1.29, 1.82) is 0 Å². The van der Waals surface area contributed by atoms with Crippen molar-refractivity contribution in [2.75, 3.05) is 0 Å². The molecule has 3 heteroatoms. The minimum atomic E-state index is 0.294. The molecule has 0 saturated heterocycles. The number of fused-ring (bicyclic) bond motifs is 1. The van der Waals surface area contributed by atoms with E-state index in [1.807, 2.05) is 66.9 Å². The molecular weight excluding hydrogens is 242 g/mol. The van der Waals surface area contributed by atoms with Crippen molar-refractivity contribution in [2.24, 2.45) is 0 Å². The lowest BCUT2D eigenvalue weighted by Gasteiger charge is -1.89. The molecule has 0 aliphatic rings. The quantitative estimate of drug-likeness (QED) is 0.697. The third-order valence-electron chi connectivity index (χ3n) is 2.71. The standard InChI is InChI=1S/C15H11NOS/c17-15-13(10-9-12-6-2-1-3-7-12)18-14-8-4-5-11-16(14)15/h1-11H/p+1/b10-9+. The summed E-state index contributed by atoms with van der Waals surface area (Å²) in [5, 5.41) is 10.1. The van der Waals surface area contributed by atoms with E-state index in [1.54, 1.807) is 15.7 Å². The first-order valence-corrected chi connectivity index (χ1v) is 6.51. The Morgan fingerprint density at radius 1 is 0.944 bits per heavy atom. The van der Waals surface area contributed by atoms with Crippen molar-refractivity contribution in [3.05, 3.63) is 65.2 Å². The lowest BCUT2D eigenvalue weighted by molar-refractivity contribution is -0.518. The van der Waals surface area contributed by atoms with Gasteiger partial charge in [-0.25, -0.2) is 0 Å². The van der Waals surface area contributed by atoms with Crippen LogP contribution >= 0.6 is 11.3 Å². The normalized spacial score (nSPS) is 11.3. The van der Waals surface area contributed by atoms with Gasteiger partial charge in [0.25, 0.3) is 4.83 Å². The monoisotopic (exact) mass is 254 g/mol. The molecule has 3 rings (SSSR count). The van der Waals surface area contributed by atoms with Crippen molar-refractivity contribution in [2.45, 2.75) is 0 Å². The molecule has 0 spiro atoms. The molecule has 1 N–H and O–H groups in total. The fourth-order valence-corrected chi connectivity index (χ4v) is 2.75. The van der Waals surface area contributed by atoms with E-state index in [-0.39, 0.29) is 0 Å². The number of hydrogen-bond donors (Lipinski definition) is 1. The molecule has 0 saturated carbocycles. The molecule has 2 nitrogen and oxygen atoms in total. The molecule has 2 aromatic heterocycles. The van der Waals surface area contributed by atoms with Gasteiger partial charge in [-0.15, -0.1) is 4.40 Å². The molecular formula is C15H12NOS+. The lowest BCUT2D eigenvalue weighted by atomic mass is 10.2. The van der Waals surface area contributed by atoms with E-state index < -0.39 is 0 Å². The average Bonchev–Trinajstić information content (AvgIpc) is 2.75. The van der Waals surface area contributed by atoms with Crippen LogP contribution in [0.1, 0.15) is 10.4 Å². The Morgan fingerprint density at radius 2 is 1.72 bits per heavy atom. The number of nitrogens with zero attached hydrogens (tertiary/aromatic N) is 1. The number of rotatable bonds is 2. The van der Waals surface area contributed by atoms with Gasteiger partial charge in [-0.2, -0.15) is 0 Å². The highest BCUT2D eigenvalue weighted by atomic mass is 32.1. The zero-order valence-electron chi connectivity index (χ0n) is 9.65. The van der Waals surface area contributed by atoms with Crippen molar-refractivity contribution >= 4 is 28.3 Å². The summed E-state index contributed by atoms with van der Waals surface area (Å²) in [5.41, 5.74) is 1.12. The van der Waals surface area contributed by atoms with Gasteiger partial charge < -0.3 is 5.11 Å². The minimum Gasteiger partial charge on any atom is -0.458 e. The van der Waals surface area contributed by atoms with Crippen LogP contribution in [0.5, 0.6) is 5.88 Å². The van der Waals surface area contributed by atoms with Gasteiger partial charge in [0, 0.05) is 12.1 Å². The van der Waals surface area contributed by atoms with Crippen LogP contribution in [0.15, 0.2) is 54.7 Å². The summed E-state index contributed by atoms with van der Waals surface area (Å²) in [5.74, 6) is 0.294. The fourth-order valence-electron chi connectivity index (χ4n) is 1.81. The van der Waals surface area contributed by atoms with Gasteiger partial charge in [-0.3, -0.25) is 0 Å². The Kier molecular flexibility index (Phi) is 2.82. The van der Waals surface area contributed by atoms with Gasteiger partial charge in [-0.05, 0) is 17.7 Å². The third kappa shape index (κ3) is 2.00. The van der Waals surface area contributed by atoms with Gasteiger partial charge >= 0.3 is 5.88 Å². The van der Waals surface area contributed by atoms with E-state index in [0.29, 0.717) is 5.88 Å². The van der Waals surface area contributed by atoms with E-state index in [4.69, 9.17) is 0 Å².